The zero-order valence-electron chi connectivity index (χ0n) is 5.37. The van der Waals surface area contributed by atoms with E-state index in [9.17, 15) is 0 Å². The first-order valence-corrected chi connectivity index (χ1v) is 3.26. The highest BCUT2D eigenvalue weighted by molar-refractivity contribution is 7.80. The van der Waals surface area contributed by atoms with Crippen LogP contribution in [0.15, 0.2) is 24.3 Å². The summed E-state index contributed by atoms with van der Waals surface area (Å²) in [7, 11) is 0. The van der Waals surface area contributed by atoms with E-state index in [0.717, 1.165) is 0 Å². The highest BCUT2D eigenvalue weighted by atomic mass is 32.1. The maximum Gasteiger partial charge on any atom is 0.160 e. The summed E-state index contributed by atoms with van der Waals surface area (Å²) in [5.41, 5.74) is 12.1. The first kappa shape index (κ1) is 7.02. The van der Waals surface area contributed by atoms with E-state index in [1.165, 1.54) is 11.1 Å². The molecule has 0 atom stereocenters. The molecule has 2 rings (SSSR count). The van der Waals surface area contributed by atoms with Crippen LogP contribution in [0.25, 0.3) is 11.1 Å². The van der Waals surface area contributed by atoms with Gasteiger partial charge in [-0.2, -0.15) is 0 Å². The molecule has 0 spiro atoms. The Labute approximate surface area is 64.8 Å². The number of fused-ring (bicyclic) bond motifs is 1. The summed E-state index contributed by atoms with van der Waals surface area (Å²) < 4.78 is 0. The second kappa shape index (κ2) is 2.66. The van der Waals surface area contributed by atoms with Gasteiger partial charge in [-0.1, -0.05) is 18.2 Å². The Hall–Kier alpha value is -1.09. The highest BCUT2D eigenvalue weighted by Gasteiger charge is 2.06. The molecule has 0 aromatic heterocycles. The topological polar surface area (TPSA) is 52.0 Å². The predicted octanol–water partition coefficient (Wildman–Crippen LogP) is 0.856. The average molecular weight is 152 g/mol. The van der Waals surface area contributed by atoms with Gasteiger partial charge in [-0.25, -0.2) is 0 Å². The van der Waals surface area contributed by atoms with Crippen LogP contribution in [0.4, 0.5) is 0 Å². The van der Waals surface area contributed by atoms with Gasteiger partial charge in [0.25, 0.3) is 0 Å². The second-order valence-corrected chi connectivity index (χ2v) is 2.45. The minimum atomic E-state index is 0.000000000000000222. The minimum absolute atomic E-state index is 0.000000000000000222. The van der Waals surface area contributed by atoms with Gasteiger partial charge in [0.2, 0.25) is 0 Å². The van der Waals surface area contributed by atoms with Gasteiger partial charge in [-0.15, -0.1) is 0 Å². The lowest BCUT2D eigenvalue weighted by Gasteiger charge is -1.68. The summed E-state index contributed by atoms with van der Waals surface area (Å²) in [5, 5.41) is 0.000000000000000222. The number of benzene rings is 1. The van der Waals surface area contributed by atoms with Gasteiger partial charge in [-0.3, -0.25) is 0 Å². The predicted molar refractivity (Wildman–Crippen MR) is 46.4 cm³/mol. The molecule has 2 aliphatic carbocycles. The van der Waals surface area contributed by atoms with Crippen molar-refractivity contribution in [3.63, 3.8) is 0 Å². The quantitative estimate of drug-likeness (QED) is 0.550. The van der Waals surface area contributed by atoms with Gasteiger partial charge < -0.3 is 11.5 Å². The molecule has 0 radical (unpaired) electrons. The molecule has 2 nitrogen and oxygen atoms in total. The number of hydrogen-bond acceptors (Lipinski definition) is 1. The standard InChI is InChI=1S/C6H4.CH4N2S/c1-2-5-4-6(5)3-1;2-1(3)4/h1-4H;(H4,2,3,4). The van der Waals surface area contributed by atoms with Crippen molar-refractivity contribution in [3.05, 3.63) is 24.3 Å². The first-order valence-electron chi connectivity index (χ1n) is 2.85. The molecule has 0 saturated carbocycles. The molecule has 10 heavy (non-hydrogen) atoms. The Morgan fingerprint density at radius 2 is 1.60 bits per heavy atom. The van der Waals surface area contributed by atoms with E-state index >= 15 is 0 Å². The number of nitrogens with two attached hydrogens (primary N) is 2. The maximum absolute atomic E-state index is 4.62. The Kier molecular flexibility index (Phi) is 1.87. The fraction of sp³-hybridized carbons (Fsp3) is 0. The maximum atomic E-state index is 4.62. The van der Waals surface area contributed by atoms with Crippen LogP contribution < -0.4 is 11.5 Å². The van der Waals surface area contributed by atoms with Gasteiger partial charge in [0.1, 0.15) is 0 Å². The Morgan fingerprint density at radius 1 is 1.20 bits per heavy atom. The van der Waals surface area contributed by atoms with Crippen molar-refractivity contribution in [2.24, 2.45) is 11.5 Å². The number of hydrogen-bond donors (Lipinski definition) is 2. The van der Waals surface area contributed by atoms with E-state index in [4.69, 9.17) is 0 Å². The molecule has 0 amide bonds. The fourth-order valence-electron chi connectivity index (χ4n) is 0.676. The summed E-state index contributed by atoms with van der Waals surface area (Å²) in [6.07, 6.45) is 0. The summed E-state index contributed by atoms with van der Waals surface area (Å²) in [4.78, 5) is 0. The smallest absolute Gasteiger partial charge is 0.160 e. The Balaban J connectivity index is 0.000000112. The minimum Gasteiger partial charge on any atom is -0.377 e. The summed E-state index contributed by atoms with van der Waals surface area (Å²) in [6, 6.07) is 8.48. The Morgan fingerprint density at radius 3 is 1.70 bits per heavy atom. The lowest BCUT2D eigenvalue weighted by molar-refractivity contribution is 1.65. The van der Waals surface area contributed by atoms with Crippen LogP contribution in [0, 0.1) is 0 Å². The zero-order chi connectivity index (χ0) is 7.56. The molecule has 2 aliphatic rings. The van der Waals surface area contributed by atoms with Crippen LogP contribution in [0.2, 0.25) is 0 Å². The third kappa shape index (κ3) is 2.03. The Bertz CT molecular complexity index is 236. The second-order valence-electron chi connectivity index (χ2n) is 1.98. The van der Waals surface area contributed by atoms with E-state index in [-0.39, 0.29) is 5.11 Å². The largest absolute Gasteiger partial charge is 0.377 e. The van der Waals surface area contributed by atoms with Crippen LogP contribution in [-0.2, 0) is 0 Å². The molecule has 0 aromatic rings. The number of rotatable bonds is 0. The third-order valence-electron chi connectivity index (χ3n) is 1.11. The molecule has 0 fully saturated rings. The molecule has 0 saturated heterocycles. The van der Waals surface area contributed by atoms with Crippen LogP contribution in [0.1, 0.15) is 0 Å². The molecule has 0 bridgehead atoms. The molecular formula is C7H8N2S. The van der Waals surface area contributed by atoms with Crippen molar-refractivity contribution in [1.82, 2.24) is 0 Å². The molecule has 0 unspecified atom stereocenters. The monoisotopic (exact) mass is 152 g/mol. The van der Waals surface area contributed by atoms with Crippen LogP contribution >= 0.6 is 12.2 Å². The first-order chi connectivity index (χ1) is 4.70. The van der Waals surface area contributed by atoms with Crippen molar-refractivity contribution in [2.75, 3.05) is 0 Å². The summed E-state index contributed by atoms with van der Waals surface area (Å²) in [5.74, 6) is 0. The van der Waals surface area contributed by atoms with Crippen LogP contribution in [0.3, 0.4) is 0 Å². The van der Waals surface area contributed by atoms with Gasteiger partial charge >= 0.3 is 0 Å². The van der Waals surface area contributed by atoms with Gasteiger partial charge in [0.05, 0.1) is 0 Å². The van der Waals surface area contributed by atoms with Crippen molar-refractivity contribution < 1.29 is 0 Å². The van der Waals surface area contributed by atoms with Crippen molar-refractivity contribution in [3.8, 4) is 11.1 Å². The molecular weight excluding hydrogens is 144 g/mol. The molecule has 0 heterocycles. The molecule has 3 heteroatoms. The molecule has 0 aliphatic heterocycles. The van der Waals surface area contributed by atoms with E-state index in [1.54, 1.807) is 0 Å². The van der Waals surface area contributed by atoms with Crippen molar-refractivity contribution >= 4 is 17.3 Å². The van der Waals surface area contributed by atoms with E-state index in [1.807, 2.05) is 0 Å². The summed E-state index contributed by atoms with van der Waals surface area (Å²) in [6.45, 7) is 0. The van der Waals surface area contributed by atoms with Crippen molar-refractivity contribution in [2.45, 2.75) is 0 Å². The molecule has 0 aromatic carbocycles. The zero-order valence-corrected chi connectivity index (χ0v) is 6.19. The van der Waals surface area contributed by atoms with E-state index < -0.39 is 0 Å². The van der Waals surface area contributed by atoms with Gasteiger partial charge in [-0.05, 0) is 29.4 Å². The average Bonchev–Trinajstić information content (AvgIpc) is 2.40. The normalized spacial score (nSPS) is 9.20. The summed E-state index contributed by atoms with van der Waals surface area (Å²) >= 11 is 4.09. The molecule has 4 N–H and O–H groups in total. The fourth-order valence-corrected chi connectivity index (χ4v) is 0.676. The van der Waals surface area contributed by atoms with E-state index in [0.29, 0.717) is 0 Å². The lowest BCUT2D eigenvalue weighted by atomic mass is 10.6. The van der Waals surface area contributed by atoms with Crippen molar-refractivity contribution in [1.29, 1.82) is 0 Å². The van der Waals surface area contributed by atoms with Crippen LogP contribution in [-0.4, -0.2) is 5.11 Å². The van der Waals surface area contributed by atoms with Gasteiger partial charge in [0.15, 0.2) is 5.11 Å². The SMILES string of the molecule is NC(N)=S.c1cc2cc-2c1. The van der Waals surface area contributed by atoms with Gasteiger partial charge in [0, 0.05) is 0 Å². The highest BCUT2D eigenvalue weighted by Crippen LogP contribution is 2.32. The lowest BCUT2D eigenvalue weighted by Crippen LogP contribution is -2.18. The molecule has 52 valence electrons. The van der Waals surface area contributed by atoms with Crippen LogP contribution in [0.5, 0.6) is 0 Å². The number of thiocarbonyl (C=S) groups is 1. The van der Waals surface area contributed by atoms with E-state index in [2.05, 4.69) is 48.0 Å². The third-order valence-corrected chi connectivity index (χ3v) is 1.11.